The van der Waals surface area contributed by atoms with Crippen LogP contribution in [0.5, 0.6) is 11.5 Å². The first-order chi connectivity index (χ1) is 11.2. The van der Waals surface area contributed by atoms with Crippen LogP contribution in [0.25, 0.3) is 0 Å². The van der Waals surface area contributed by atoms with E-state index in [9.17, 15) is 5.21 Å². The van der Waals surface area contributed by atoms with Crippen LogP contribution in [0.2, 0.25) is 0 Å². The molecule has 23 heavy (non-hydrogen) atoms. The van der Waals surface area contributed by atoms with Gasteiger partial charge in [-0.2, -0.15) is 5.10 Å². The Morgan fingerprint density at radius 2 is 1.74 bits per heavy atom. The lowest BCUT2D eigenvalue weighted by Gasteiger charge is -2.08. The van der Waals surface area contributed by atoms with Gasteiger partial charge in [-0.3, -0.25) is 0 Å². The van der Waals surface area contributed by atoms with Crippen LogP contribution in [0, 0.1) is 0 Å². The van der Waals surface area contributed by atoms with E-state index < -0.39 is 0 Å². The van der Waals surface area contributed by atoms with Crippen molar-refractivity contribution in [3.8, 4) is 11.5 Å². The number of halogens is 1. The fourth-order valence-corrected chi connectivity index (χ4v) is 2.27. The van der Waals surface area contributed by atoms with Crippen molar-refractivity contribution in [3.05, 3.63) is 71.2 Å². The highest BCUT2D eigenvalue weighted by Gasteiger charge is 2.07. The van der Waals surface area contributed by atoms with Gasteiger partial charge in [-0.15, -0.1) is 0 Å². The highest BCUT2D eigenvalue weighted by atomic mass is 79.9. The molecule has 0 aliphatic heterocycles. The molecular formula is C16H13BrN4O2. The summed E-state index contributed by atoms with van der Waals surface area (Å²) in [5.74, 6) is 1.45. The van der Waals surface area contributed by atoms with E-state index in [0.29, 0.717) is 18.0 Å². The molecule has 0 radical (unpaired) electrons. The zero-order valence-corrected chi connectivity index (χ0v) is 13.6. The van der Waals surface area contributed by atoms with Gasteiger partial charge in [-0.1, -0.05) is 21.1 Å². The summed E-state index contributed by atoms with van der Waals surface area (Å²) in [5.41, 5.74) is 1.27. The van der Waals surface area contributed by atoms with Gasteiger partial charge in [-0.05, 0) is 48.5 Å². The van der Waals surface area contributed by atoms with E-state index in [4.69, 9.17) is 4.74 Å². The number of oxime groups is 1. The largest absolute Gasteiger partial charge is 0.457 e. The van der Waals surface area contributed by atoms with Gasteiger partial charge in [0.25, 0.3) is 0 Å². The normalized spacial score (nSPS) is 11.4. The minimum absolute atomic E-state index is 0.337. The third-order valence-corrected chi connectivity index (χ3v) is 3.66. The molecule has 3 aromatic rings. The Hall–Kier alpha value is -2.67. The number of ether oxygens (including phenoxy) is 1. The summed E-state index contributed by atoms with van der Waals surface area (Å²) in [4.78, 5) is 3.86. The predicted molar refractivity (Wildman–Crippen MR) is 89.0 cm³/mol. The van der Waals surface area contributed by atoms with Crippen LogP contribution in [0.4, 0.5) is 0 Å². The molecule has 0 bridgehead atoms. The molecule has 0 spiro atoms. The van der Waals surface area contributed by atoms with E-state index in [-0.39, 0.29) is 0 Å². The van der Waals surface area contributed by atoms with Crippen LogP contribution < -0.4 is 4.74 Å². The maximum atomic E-state index is 9.20. The van der Waals surface area contributed by atoms with E-state index >= 15 is 0 Å². The molecule has 0 amide bonds. The van der Waals surface area contributed by atoms with Crippen molar-refractivity contribution in [2.45, 2.75) is 6.54 Å². The van der Waals surface area contributed by atoms with Crippen molar-refractivity contribution in [3.63, 3.8) is 0 Å². The first-order valence-corrected chi connectivity index (χ1v) is 7.61. The smallest absolute Gasteiger partial charge is 0.137 e. The Morgan fingerprint density at radius 1 is 1.09 bits per heavy atom. The lowest BCUT2D eigenvalue weighted by Crippen LogP contribution is -2.12. The van der Waals surface area contributed by atoms with Gasteiger partial charge in [0, 0.05) is 10.0 Å². The molecule has 1 heterocycles. The zero-order valence-electron chi connectivity index (χ0n) is 12.0. The Morgan fingerprint density at radius 3 is 2.30 bits per heavy atom. The van der Waals surface area contributed by atoms with Gasteiger partial charge in [-0.25, -0.2) is 9.67 Å². The number of aromatic nitrogens is 3. The molecule has 7 heteroatoms. The Bertz CT molecular complexity index is 784. The van der Waals surface area contributed by atoms with E-state index in [0.717, 1.165) is 15.8 Å². The van der Waals surface area contributed by atoms with E-state index in [1.165, 1.54) is 6.33 Å². The monoisotopic (exact) mass is 372 g/mol. The minimum Gasteiger partial charge on any atom is -0.457 e. The SMILES string of the molecule is ON=C(Cn1cncn1)c1ccc(Oc2ccc(Br)cc2)cc1. The molecule has 2 aromatic carbocycles. The molecule has 3 rings (SSSR count). The van der Waals surface area contributed by atoms with Gasteiger partial charge < -0.3 is 9.94 Å². The van der Waals surface area contributed by atoms with Crippen molar-refractivity contribution in [1.29, 1.82) is 0 Å². The van der Waals surface area contributed by atoms with Crippen molar-refractivity contribution in [2.75, 3.05) is 0 Å². The van der Waals surface area contributed by atoms with Crippen LogP contribution in [-0.2, 0) is 6.54 Å². The first-order valence-electron chi connectivity index (χ1n) is 6.82. The second-order valence-corrected chi connectivity index (χ2v) is 5.64. The first kappa shape index (κ1) is 15.2. The van der Waals surface area contributed by atoms with Gasteiger partial charge >= 0.3 is 0 Å². The second kappa shape index (κ2) is 7.06. The lowest BCUT2D eigenvalue weighted by atomic mass is 10.1. The summed E-state index contributed by atoms with van der Waals surface area (Å²) in [5, 5.41) is 16.5. The van der Waals surface area contributed by atoms with Crippen LogP contribution in [0.3, 0.4) is 0 Å². The average molecular weight is 373 g/mol. The highest BCUT2D eigenvalue weighted by Crippen LogP contribution is 2.23. The summed E-state index contributed by atoms with van der Waals surface area (Å²) in [6, 6.07) is 14.9. The summed E-state index contributed by atoms with van der Waals surface area (Å²) in [6.07, 6.45) is 3.00. The van der Waals surface area contributed by atoms with Gasteiger partial charge in [0.2, 0.25) is 0 Å². The quantitative estimate of drug-likeness (QED) is 0.420. The fraction of sp³-hybridized carbons (Fsp3) is 0.0625. The molecule has 1 aromatic heterocycles. The van der Waals surface area contributed by atoms with E-state index in [1.54, 1.807) is 11.0 Å². The van der Waals surface area contributed by atoms with Crippen molar-refractivity contribution in [1.82, 2.24) is 14.8 Å². The molecule has 0 unspecified atom stereocenters. The van der Waals surface area contributed by atoms with Crippen molar-refractivity contribution >= 4 is 21.6 Å². The molecule has 0 saturated carbocycles. The van der Waals surface area contributed by atoms with Crippen LogP contribution in [-0.4, -0.2) is 25.7 Å². The number of benzene rings is 2. The molecule has 0 atom stereocenters. The number of nitrogens with zero attached hydrogens (tertiary/aromatic N) is 4. The second-order valence-electron chi connectivity index (χ2n) is 4.72. The Labute approximate surface area is 141 Å². The molecule has 0 aliphatic carbocycles. The van der Waals surface area contributed by atoms with Crippen molar-refractivity contribution in [2.24, 2.45) is 5.16 Å². The van der Waals surface area contributed by atoms with Crippen LogP contribution >= 0.6 is 15.9 Å². The minimum atomic E-state index is 0.337. The average Bonchev–Trinajstić information content (AvgIpc) is 3.09. The standard InChI is InChI=1S/C16H13BrN4O2/c17-13-3-7-15(8-4-13)23-14-5-1-12(2-6-14)16(20-22)9-21-11-18-10-19-21/h1-8,10-11,22H,9H2. The molecule has 6 nitrogen and oxygen atoms in total. The lowest BCUT2D eigenvalue weighted by molar-refractivity contribution is 0.317. The maximum Gasteiger partial charge on any atom is 0.137 e. The van der Waals surface area contributed by atoms with E-state index in [1.807, 2.05) is 48.5 Å². The summed E-state index contributed by atoms with van der Waals surface area (Å²) in [6.45, 7) is 0.337. The molecule has 0 saturated heterocycles. The third-order valence-electron chi connectivity index (χ3n) is 3.14. The predicted octanol–water partition coefficient (Wildman–Crippen LogP) is 3.71. The summed E-state index contributed by atoms with van der Waals surface area (Å²) in [7, 11) is 0. The van der Waals surface area contributed by atoms with Gasteiger partial charge in [0.05, 0.1) is 6.54 Å². The topological polar surface area (TPSA) is 72.5 Å². The van der Waals surface area contributed by atoms with Gasteiger partial charge in [0.1, 0.15) is 29.9 Å². The van der Waals surface area contributed by atoms with E-state index in [2.05, 4.69) is 31.2 Å². The number of hydrogen-bond acceptors (Lipinski definition) is 5. The molecule has 1 N–H and O–H groups in total. The van der Waals surface area contributed by atoms with Crippen molar-refractivity contribution < 1.29 is 9.94 Å². The molecule has 0 fully saturated rings. The number of hydrogen-bond donors (Lipinski definition) is 1. The summed E-state index contributed by atoms with van der Waals surface area (Å²) < 4.78 is 8.34. The number of rotatable bonds is 5. The fourth-order valence-electron chi connectivity index (χ4n) is 2.00. The van der Waals surface area contributed by atoms with Crippen LogP contribution in [0.1, 0.15) is 5.56 Å². The third kappa shape index (κ3) is 3.95. The zero-order chi connectivity index (χ0) is 16.1. The molecular weight excluding hydrogens is 360 g/mol. The summed E-state index contributed by atoms with van der Waals surface area (Å²) >= 11 is 3.38. The maximum absolute atomic E-state index is 9.20. The molecule has 0 aliphatic rings. The Kier molecular flexibility index (Phi) is 4.68. The Balaban J connectivity index is 1.72. The highest BCUT2D eigenvalue weighted by molar-refractivity contribution is 9.10. The molecule has 116 valence electrons. The van der Waals surface area contributed by atoms with Gasteiger partial charge in [0.15, 0.2) is 0 Å². The van der Waals surface area contributed by atoms with Crippen LogP contribution in [0.15, 0.2) is 70.8 Å².